The van der Waals surface area contributed by atoms with Crippen molar-refractivity contribution in [1.29, 1.82) is 0 Å². The van der Waals surface area contributed by atoms with Crippen molar-refractivity contribution in [2.45, 2.75) is 32.7 Å². The second kappa shape index (κ2) is 10.2. The lowest BCUT2D eigenvalue weighted by atomic mass is 9.73. The summed E-state index contributed by atoms with van der Waals surface area (Å²) in [4.78, 5) is 44.7. The van der Waals surface area contributed by atoms with Crippen molar-refractivity contribution in [3.05, 3.63) is 112 Å². The monoisotopic (exact) mass is 547 g/mol. The number of nitro groups is 1. The first-order chi connectivity index (χ1) is 19.7. The zero-order chi connectivity index (χ0) is 28.7. The van der Waals surface area contributed by atoms with Gasteiger partial charge >= 0.3 is 0 Å². The third-order valence-corrected chi connectivity index (χ3v) is 7.61. The molecule has 0 radical (unpaired) electrons. The molecule has 9 nitrogen and oxygen atoms in total. The highest BCUT2D eigenvalue weighted by Crippen LogP contribution is 2.48. The van der Waals surface area contributed by atoms with Gasteiger partial charge in [-0.15, -0.1) is 0 Å². The fourth-order valence-corrected chi connectivity index (χ4v) is 5.85. The predicted octanol–water partition coefficient (Wildman–Crippen LogP) is 6.40. The van der Waals surface area contributed by atoms with Gasteiger partial charge in [-0.3, -0.25) is 24.7 Å². The van der Waals surface area contributed by atoms with E-state index in [0.29, 0.717) is 29.7 Å². The van der Waals surface area contributed by atoms with Crippen LogP contribution in [0.25, 0.3) is 10.9 Å². The molecule has 6 rings (SSSR count). The molecule has 0 saturated heterocycles. The number of para-hydroxylation sites is 3. The van der Waals surface area contributed by atoms with Crippen LogP contribution in [0.5, 0.6) is 0 Å². The van der Waals surface area contributed by atoms with Gasteiger partial charge in [0.2, 0.25) is 5.91 Å². The van der Waals surface area contributed by atoms with Crippen LogP contribution in [0.4, 0.5) is 22.7 Å². The molecule has 0 bridgehead atoms. The van der Waals surface area contributed by atoms with E-state index in [2.05, 4.69) is 29.5 Å². The van der Waals surface area contributed by atoms with Gasteiger partial charge in [-0.2, -0.15) is 0 Å². The maximum atomic E-state index is 13.8. The number of anilines is 3. The van der Waals surface area contributed by atoms with Crippen LogP contribution in [0, 0.1) is 15.5 Å². The zero-order valence-corrected chi connectivity index (χ0v) is 22.8. The number of Topliss-reactive ketones (excluding diaryl/α,β-unsaturated/α-hetero) is 1. The molecule has 41 heavy (non-hydrogen) atoms. The Balaban J connectivity index is 1.44. The average molecular weight is 548 g/mol. The van der Waals surface area contributed by atoms with E-state index in [0.717, 1.165) is 28.0 Å². The number of pyridine rings is 1. The molecule has 9 heteroatoms. The number of allylic oxidation sites excluding steroid dienone is 1. The summed E-state index contributed by atoms with van der Waals surface area (Å²) >= 11 is 0. The summed E-state index contributed by atoms with van der Waals surface area (Å²) < 4.78 is 0. The number of nitrogens with zero attached hydrogens (tertiary/aromatic N) is 3. The second-order valence-corrected chi connectivity index (χ2v) is 11.3. The molecule has 1 aromatic heterocycles. The summed E-state index contributed by atoms with van der Waals surface area (Å²) in [6, 6.07) is 22.8. The first kappa shape index (κ1) is 26.2. The van der Waals surface area contributed by atoms with Gasteiger partial charge in [-0.25, -0.2) is 0 Å². The number of nitrogens with one attached hydrogen (secondary N) is 2. The van der Waals surface area contributed by atoms with Gasteiger partial charge in [-0.05, 0) is 53.8 Å². The Morgan fingerprint density at radius 3 is 2.59 bits per heavy atom. The first-order valence-electron chi connectivity index (χ1n) is 13.5. The summed E-state index contributed by atoms with van der Waals surface area (Å²) in [6.07, 6.45) is 2.63. The quantitative estimate of drug-likeness (QED) is 0.219. The summed E-state index contributed by atoms with van der Waals surface area (Å²) in [7, 11) is 0. The number of aromatic nitrogens is 1. The fourth-order valence-electron chi connectivity index (χ4n) is 5.85. The number of non-ortho nitro benzene ring substituents is 1. The average Bonchev–Trinajstić information content (AvgIpc) is 3.06. The lowest BCUT2D eigenvalue weighted by molar-refractivity contribution is -0.384. The van der Waals surface area contributed by atoms with Crippen LogP contribution in [0.1, 0.15) is 38.3 Å². The van der Waals surface area contributed by atoms with Crippen LogP contribution in [0.15, 0.2) is 96.3 Å². The van der Waals surface area contributed by atoms with Gasteiger partial charge in [0, 0.05) is 35.2 Å². The predicted molar refractivity (Wildman–Crippen MR) is 159 cm³/mol. The van der Waals surface area contributed by atoms with Gasteiger partial charge in [0.25, 0.3) is 5.69 Å². The number of hydrogen-bond donors (Lipinski definition) is 2. The van der Waals surface area contributed by atoms with Crippen molar-refractivity contribution in [3.8, 4) is 0 Å². The highest BCUT2D eigenvalue weighted by atomic mass is 16.6. The molecule has 2 N–H and O–H groups in total. The smallest absolute Gasteiger partial charge is 0.269 e. The third-order valence-electron chi connectivity index (χ3n) is 7.61. The van der Waals surface area contributed by atoms with Crippen molar-refractivity contribution in [1.82, 2.24) is 4.98 Å². The number of fused-ring (bicyclic) bond motifs is 2. The molecular formula is C32H29N5O4. The number of benzene rings is 3. The lowest BCUT2D eigenvalue weighted by Gasteiger charge is -2.37. The number of rotatable bonds is 5. The number of carbonyl (C=O) groups excluding carboxylic acids is 2. The molecule has 206 valence electrons. The minimum absolute atomic E-state index is 0.0101. The molecular weight excluding hydrogens is 518 g/mol. The molecule has 1 amide bonds. The van der Waals surface area contributed by atoms with Crippen LogP contribution in [-0.4, -0.2) is 28.1 Å². The second-order valence-electron chi connectivity index (χ2n) is 11.3. The summed E-state index contributed by atoms with van der Waals surface area (Å²) in [6.45, 7) is 4.06. The minimum Gasteiger partial charge on any atom is -0.357 e. The Morgan fingerprint density at radius 2 is 1.80 bits per heavy atom. The van der Waals surface area contributed by atoms with E-state index in [4.69, 9.17) is 0 Å². The van der Waals surface area contributed by atoms with E-state index in [1.807, 2.05) is 59.5 Å². The summed E-state index contributed by atoms with van der Waals surface area (Å²) in [5.41, 5.74) is 4.73. The highest BCUT2D eigenvalue weighted by Gasteiger charge is 2.42. The van der Waals surface area contributed by atoms with E-state index in [1.165, 1.54) is 12.1 Å². The minimum atomic E-state index is -0.633. The normalized spacial score (nSPS) is 17.8. The molecule has 1 unspecified atom stereocenters. The Morgan fingerprint density at radius 1 is 1.07 bits per heavy atom. The lowest BCUT2D eigenvalue weighted by Crippen LogP contribution is -2.40. The van der Waals surface area contributed by atoms with Crippen molar-refractivity contribution in [3.63, 3.8) is 0 Å². The Kier molecular flexibility index (Phi) is 6.49. The van der Waals surface area contributed by atoms with E-state index in [-0.39, 0.29) is 29.3 Å². The van der Waals surface area contributed by atoms with Gasteiger partial charge in [0.1, 0.15) is 0 Å². The number of amides is 1. The van der Waals surface area contributed by atoms with Crippen LogP contribution in [0.3, 0.4) is 0 Å². The van der Waals surface area contributed by atoms with E-state index >= 15 is 0 Å². The van der Waals surface area contributed by atoms with Crippen LogP contribution >= 0.6 is 0 Å². The Hall–Kier alpha value is -5.05. The van der Waals surface area contributed by atoms with Crippen LogP contribution in [0.2, 0.25) is 0 Å². The van der Waals surface area contributed by atoms with E-state index < -0.39 is 11.0 Å². The number of ketones is 1. The Labute approximate surface area is 237 Å². The maximum absolute atomic E-state index is 13.8. The largest absolute Gasteiger partial charge is 0.357 e. The molecule has 0 fully saturated rings. The van der Waals surface area contributed by atoms with E-state index in [9.17, 15) is 19.7 Å². The molecule has 3 aromatic carbocycles. The van der Waals surface area contributed by atoms with Gasteiger partial charge in [0.05, 0.1) is 46.3 Å². The fraction of sp³-hybridized carbons (Fsp3) is 0.219. The topological polar surface area (TPSA) is 117 Å². The molecule has 1 aliphatic heterocycles. The molecule has 0 spiro atoms. The summed E-state index contributed by atoms with van der Waals surface area (Å²) in [5.74, 6) is -0.291. The molecule has 2 aliphatic rings. The van der Waals surface area contributed by atoms with Gasteiger partial charge in [-0.1, -0.05) is 44.2 Å². The third kappa shape index (κ3) is 5.14. The highest BCUT2D eigenvalue weighted by molar-refractivity contribution is 6.03. The zero-order valence-electron chi connectivity index (χ0n) is 22.8. The van der Waals surface area contributed by atoms with Crippen LogP contribution in [-0.2, 0) is 9.59 Å². The Bertz CT molecular complexity index is 1730. The first-order valence-corrected chi connectivity index (χ1v) is 13.5. The van der Waals surface area contributed by atoms with E-state index in [1.54, 1.807) is 18.3 Å². The van der Waals surface area contributed by atoms with Crippen molar-refractivity contribution in [2.75, 3.05) is 22.1 Å². The summed E-state index contributed by atoms with van der Waals surface area (Å²) in [5, 5.41) is 18.8. The number of nitro benzene ring substituents is 1. The van der Waals surface area contributed by atoms with Gasteiger partial charge in [0.15, 0.2) is 5.78 Å². The molecule has 1 atom stereocenters. The standard InChI is InChI=1S/C32H29N5O4/c1-32(2)16-26-30(28(38)17-32)31(20-11-13-23(14-12-20)37(40)41)36(27-10-6-5-9-25(27)35-26)19-29(39)34-22-15-21-7-3-4-8-24(21)33-18-22/h3-15,18,31,35H,16-17,19H2,1-2H3,(H,34,39). The molecule has 2 heterocycles. The number of carbonyl (C=O) groups is 2. The SMILES string of the molecule is CC1(C)CC(=O)C2=C(C1)Nc1ccccc1N(CC(=O)Nc1cnc3ccccc3c1)C2c1ccc([N+](=O)[O-])cc1. The van der Waals surface area contributed by atoms with Crippen molar-refractivity contribution in [2.24, 2.45) is 5.41 Å². The van der Waals surface area contributed by atoms with Crippen molar-refractivity contribution < 1.29 is 14.5 Å². The molecule has 0 saturated carbocycles. The van der Waals surface area contributed by atoms with Gasteiger partial charge < -0.3 is 15.5 Å². The maximum Gasteiger partial charge on any atom is 0.269 e. The molecule has 4 aromatic rings. The number of hydrogen-bond acceptors (Lipinski definition) is 7. The molecule has 1 aliphatic carbocycles. The van der Waals surface area contributed by atoms with Crippen LogP contribution < -0.4 is 15.5 Å². The van der Waals surface area contributed by atoms with Crippen molar-refractivity contribution >= 4 is 45.3 Å².